The second-order valence-corrected chi connectivity index (χ2v) is 5.05. The molecule has 0 aliphatic rings. The Balaban J connectivity index is 2.99. The van der Waals surface area contributed by atoms with E-state index < -0.39 is 0 Å². The Morgan fingerprint density at radius 3 is 2.71 bits per heavy atom. The molecule has 0 saturated carbocycles. The van der Waals surface area contributed by atoms with Crippen molar-refractivity contribution in [3.63, 3.8) is 0 Å². The Morgan fingerprint density at radius 1 is 1.47 bits per heavy atom. The van der Waals surface area contributed by atoms with Crippen LogP contribution in [0.4, 0.5) is 0 Å². The highest BCUT2D eigenvalue weighted by Gasteiger charge is 2.20. The van der Waals surface area contributed by atoms with E-state index in [9.17, 15) is 0 Å². The van der Waals surface area contributed by atoms with E-state index in [2.05, 4.69) is 28.2 Å². The summed E-state index contributed by atoms with van der Waals surface area (Å²) in [5.74, 6) is 1.26. The van der Waals surface area contributed by atoms with Gasteiger partial charge in [0.15, 0.2) is 0 Å². The molecule has 3 nitrogen and oxygen atoms in total. The zero-order valence-corrected chi connectivity index (χ0v) is 12.3. The van der Waals surface area contributed by atoms with Gasteiger partial charge in [-0.3, -0.25) is 0 Å². The number of benzene rings is 1. The van der Waals surface area contributed by atoms with E-state index in [0.717, 1.165) is 28.8 Å². The zero-order chi connectivity index (χ0) is 12.8. The summed E-state index contributed by atoms with van der Waals surface area (Å²) in [5.41, 5.74) is 7.40. The standard InChI is InChI=1S/C13H21BrN2O/c1-4-9(8-16-2)13(15)11-7-10(14)5-6-12(11)17-3/h5-7,9,13,16H,4,8,15H2,1-3H3. The number of hydrogen-bond donors (Lipinski definition) is 2. The summed E-state index contributed by atoms with van der Waals surface area (Å²) < 4.78 is 6.40. The van der Waals surface area contributed by atoms with Gasteiger partial charge in [-0.05, 0) is 37.7 Å². The molecule has 1 aromatic rings. The number of methoxy groups -OCH3 is 1. The van der Waals surface area contributed by atoms with E-state index >= 15 is 0 Å². The molecule has 2 unspecified atom stereocenters. The van der Waals surface area contributed by atoms with Crippen LogP contribution >= 0.6 is 15.9 Å². The summed E-state index contributed by atoms with van der Waals surface area (Å²) in [6.07, 6.45) is 1.04. The van der Waals surface area contributed by atoms with Crippen molar-refractivity contribution in [2.75, 3.05) is 20.7 Å². The molecule has 3 N–H and O–H groups in total. The fourth-order valence-electron chi connectivity index (χ4n) is 2.01. The van der Waals surface area contributed by atoms with Gasteiger partial charge < -0.3 is 15.8 Å². The van der Waals surface area contributed by atoms with Gasteiger partial charge in [0.25, 0.3) is 0 Å². The third kappa shape index (κ3) is 3.69. The Labute approximate surface area is 112 Å². The van der Waals surface area contributed by atoms with E-state index in [1.54, 1.807) is 7.11 Å². The predicted molar refractivity (Wildman–Crippen MR) is 75.3 cm³/mol. The minimum Gasteiger partial charge on any atom is -0.496 e. The molecular formula is C13H21BrN2O. The Kier molecular flexibility index (Phi) is 5.95. The monoisotopic (exact) mass is 300 g/mol. The van der Waals surface area contributed by atoms with Gasteiger partial charge in [-0.15, -0.1) is 0 Å². The molecule has 0 fully saturated rings. The van der Waals surface area contributed by atoms with Crippen LogP contribution in [0.2, 0.25) is 0 Å². The van der Waals surface area contributed by atoms with Gasteiger partial charge in [0.1, 0.15) is 5.75 Å². The van der Waals surface area contributed by atoms with Gasteiger partial charge in [-0.2, -0.15) is 0 Å². The molecular weight excluding hydrogens is 280 g/mol. The molecule has 0 aromatic heterocycles. The molecule has 0 aliphatic carbocycles. The summed E-state index contributed by atoms with van der Waals surface area (Å²) in [6, 6.07) is 5.95. The van der Waals surface area contributed by atoms with Crippen LogP contribution in [0.5, 0.6) is 5.75 Å². The maximum atomic E-state index is 6.34. The van der Waals surface area contributed by atoms with Crippen LogP contribution in [-0.4, -0.2) is 20.7 Å². The number of hydrogen-bond acceptors (Lipinski definition) is 3. The van der Waals surface area contributed by atoms with Gasteiger partial charge in [0.05, 0.1) is 7.11 Å². The molecule has 0 amide bonds. The van der Waals surface area contributed by atoms with Crippen molar-refractivity contribution < 1.29 is 4.74 Å². The topological polar surface area (TPSA) is 47.3 Å². The fraction of sp³-hybridized carbons (Fsp3) is 0.538. The quantitative estimate of drug-likeness (QED) is 0.849. The lowest BCUT2D eigenvalue weighted by atomic mass is 9.91. The number of halogens is 1. The summed E-state index contributed by atoms with van der Waals surface area (Å²) in [5, 5.41) is 3.19. The van der Waals surface area contributed by atoms with Crippen molar-refractivity contribution in [2.45, 2.75) is 19.4 Å². The fourth-order valence-corrected chi connectivity index (χ4v) is 2.39. The summed E-state index contributed by atoms with van der Waals surface area (Å²) in [7, 11) is 3.63. The third-order valence-electron chi connectivity index (χ3n) is 3.05. The van der Waals surface area contributed by atoms with Crippen molar-refractivity contribution in [3.8, 4) is 5.75 Å². The molecule has 0 bridgehead atoms. The molecule has 1 rings (SSSR count). The SMILES string of the molecule is CCC(CNC)C(N)c1cc(Br)ccc1OC. The molecule has 96 valence electrons. The molecule has 4 heteroatoms. The average molecular weight is 301 g/mol. The van der Waals surface area contributed by atoms with E-state index in [-0.39, 0.29) is 6.04 Å². The van der Waals surface area contributed by atoms with Crippen LogP contribution in [0.3, 0.4) is 0 Å². The lowest BCUT2D eigenvalue weighted by Gasteiger charge is -2.24. The van der Waals surface area contributed by atoms with Gasteiger partial charge in [-0.25, -0.2) is 0 Å². The Bertz CT molecular complexity index is 357. The van der Waals surface area contributed by atoms with Crippen molar-refractivity contribution in [1.82, 2.24) is 5.32 Å². The highest BCUT2D eigenvalue weighted by atomic mass is 79.9. The number of rotatable bonds is 6. The van der Waals surface area contributed by atoms with Crippen molar-refractivity contribution in [3.05, 3.63) is 28.2 Å². The van der Waals surface area contributed by atoms with E-state index in [1.807, 2.05) is 25.2 Å². The average Bonchev–Trinajstić information content (AvgIpc) is 2.35. The maximum Gasteiger partial charge on any atom is 0.123 e. The van der Waals surface area contributed by atoms with Crippen molar-refractivity contribution in [2.24, 2.45) is 11.7 Å². The van der Waals surface area contributed by atoms with Gasteiger partial charge in [0, 0.05) is 16.1 Å². The third-order valence-corrected chi connectivity index (χ3v) is 3.54. The molecule has 0 aliphatic heterocycles. The van der Waals surface area contributed by atoms with Gasteiger partial charge in [-0.1, -0.05) is 29.3 Å². The smallest absolute Gasteiger partial charge is 0.123 e. The molecule has 1 aromatic carbocycles. The largest absolute Gasteiger partial charge is 0.496 e. The molecule has 17 heavy (non-hydrogen) atoms. The van der Waals surface area contributed by atoms with Crippen LogP contribution < -0.4 is 15.8 Å². The predicted octanol–water partition coefficient (Wildman–Crippen LogP) is 2.70. The highest BCUT2D eigenvalue weighted by Crippen LogP contribution is 2.32. The second kappa shape index (κ2) is 6.99. The number of nitrogens with one attached hydrogen (secondary N) is 1. The molecule has 2 atom stereocenters. The molecule has 0 radical (unpaired) electrons. The lowest BCUT2D eigenvalue weighted by Crippen LogP contribution is -2.29. The lowest BCUT2D eigenvalue weighted by molar-refractivity contribution is 0.371. The highest BCUT2D eigenvalue weighted by molar-refractivity contribution is 9.10. The minimum absolute atomic E-state index is 0.0140. The van der Waals surface area contributed by atoms with Crippen LogP contribution in [0.25, 0.3) is 0 Å². The van der Waals surface area contributed by atoms with Crippen LogP contribution in [0.1, 0.15) is 24.9 Å². The molecule has 0 saturated heterocycles. The first-order valence-electron chi connectivity index (χ1n) is 5.87. The Morgan fingerprint density at radius 2 is 2.18 bits per heavy atom. The van der Waals surface area contributed by atoms with Crippen molar-refractivity contribution in [1.29, 1.82) is 0 Å². The van der Waals surface area contributed by atoms with Crippen LogP contribution in [0, 0.1) is 5.92 Å². The Hall–Kier alpha value is -0.580. The zero-order valence-electron chi connectivity index (χ0n) is 10.7. The first kappa shape index (κ1) is 14.5. The summed E-state index contributed by atoms with van der Waals surface area (Å²) >= 11 is 3.48. The van der Waals surface area contributed by atoms with Gasteiger partial charge in [0.2, 0.25) is 0 Å². The first-order chi connectivity index (χ1) is 8.13. The van der Waals surface area contributed by atoms with E-state index in [0.29, 0.717) is 5.92 Å². The van der Waals surface area contributed by atoms with E-state index in [1.165, 1.54) is 0 Å². The van der Waals surface area contributed by atoms with Crippen molar-refractivity contribution >= 4 is 15.9 Å². The summed E-state index contributed by atoms with van der Waals surface area (Å²) in [4.78, 5) is 0. The minimum atomic E-state index is -0.0140. The number of nitrogens with two attached hydrogens (primary N) is 1. The van der Waals surface area contributed by atoms with Gasteiger partial charge >= 0.3 is 0 Å². The molecule has 0 heterocycles. The summed E-state index contributed by atoms with van der Waals surface area (Å²) in [6.45, 7) is 3.07. The van der Waals surface area contributed by atoms with E-state index in [4.69, 9.17) is 10.5 Å². The van der Waals surface area contributed by atoms with Crippen LogP contribution in [0.15, 0.2) is 22.7 Å². The first-order valence-corrected chi connectivity index (χ1v) is 6.66. The number of ether oxygens (including phenoxy) is 1. The second-order valence-electron chi connectivity index (χ2n) is 4.14. The van der Waals surface area contributed by atoms with Crippen LogP contribution in [-0.2, 0) is 0 Å². The maximum absolute atomic E-state index is 6.34. The molecule has 0 spiro atoms. The normalized spacial score (nSPS) is 14.4.